The molecule has 1 fully saturated rings. The summed E-state index contributed by atoms with van der Waals surface area (Å²) in [5.74, 6) is 0.795. The number of carbonyl (C=O) groups excluding carboxylic acids is 1. The number of benzene rings is 1. The van der Waals surface area contributed by atoms with Crippen LogP contribution in [0.5, 0.6) is 0 Å². The third-order valence-electron chi connectivity index (χ3n) is 2.53. The topological polar surface area (TPSA) is 35.9 Å². The monoisotopic (exact) mass is 203 g/mol. The fourth-order valence-electron chi connectivity index (χ4n) is 1.64. The van der Waals surface area contributed by atoms with Crippen LogP contribution in [-0.4, -0.2) is 37.4 Å². The van der Waals surface area contributed by atoms with Crippen LogP contribution in [0.4, 0.5) is 10.5 Å². The van der Waals surface area contributed by atoms with E-state index >= 15 is 0 Å². The number of nitrogens with zero attached hydrogens (tertiary/aromatic N) is 3. The molecule has 1 heterocycles. The average Bonchev–Trinajstić information content (AvgIpc) is 2.57. The summed E-state index contributed by atoms with van der Waals surface area (Å²) in [7, 11) is 3.45. The van der Waals surface area contributed by atoms with Crippen LogP contribution < -0.4 is 4.90 Å². The van der Waals surface area contributed by atoms with E-state index in [1.807, 2.05) is 30.3 Å². The first kappa shape index (κ1) is 9.71. The second kappa shape index (κ2) is 3.73. The minimum absolute atomic E-state index is 0.0261. The van der Waals surface area contributed by atoms with Crippen LogP contribution >= 0.6 is 0 Å². The molecule has 1 saturated heterocycles. The summed E-state index contributed by atoms with van der Waals surface area (Å²) in [6.45, 7) is 0.551. The SMILES string of the molecule is CN=C1CN(c2ccccc2)C(=O)N1C. The third kappa shape index (κ3) is 1.58. The second-order valence-electron chi connectivity index (χ2n) is 3.40. The van der Waals surface area contributed by atoms with Crippen LogP contribution in [0.25, 0.3) is 0 Å². The molecule has 0 unspecified atom stereocenters. The molecule has 0 saturated carbocycles. The molecule has 2 rings (SSSR count). The van der Waals surface area contributed by atoms with Gasteiger partial charge >= 0.3 is 6.03 Å². The van der Waals surface area contributed by atoms with E-state index < -0.39 is 0 Å². The Morgan fingerprint density at radius 1 is 1.27 bits per heavy atom. The maximum atomic E-state index is 11.8. The van der Waals surface area contributed by atoms with Crippen LogP contribution in [0, 0.1) is 0 Å². The number of likely N-dealkylation sites (N-methyl/N-ethyl adjacent to an activating group) is 1. The number of carbonyl (C=O) groups is 1. The normalized spacial score (nSPS) is 19.1. The predicted octanol–water partition coefficient (Wildman–Crippen LogP) is 1.59. The van der Waals surface area contributed by atoms with Gasteiger partial charge in [-0.3, -0.25) is 14.8 Å². The number of rotatable bonds is 1. The summed E-state index contributed by atoms with van der Waals surface area (Å²) in [6, 6.07) is 9.59. The lowest BCUT2D eigenvalue weighted by Crippen LogP contribution is -2.29. The van der Waals surface area contributed by atoms with Gasteiger partial charge in [-0.15, -0.1) is 0 Å². The van der Waals surface area contributed by atoms with E-state index in [0.29, 0.717) is 6.54 Å². The van der Waals surface area contributed by atoms with Crippen molar-refractivity contribution in [2.24, 2.45) is 4.99 Å². The fraction of sp³-hybridized carbons (Fsp3) is 0.273. The van der Waals surface area contributed by atoms with Gasteiger partial charge in [0.1, 0.15) is 5.84 Å². The first-order valence-corrected chi connectivity index (χ1v) is 4.80. The molecule has 0 aromatic heterocycles. The number of hydrogen-bond donors (Lipinski definition) is 0. The summed E-state index contributed by atoms with van der Waals surface area (Å²) in [6.07, 6.45) is 0. The summed E-state index contributed by atoms with van der Waals surface area (Å²) < 4.78 is 0. The molecule has 1 aromatic carbocycles. The molecule has 1 aliphatic heterocycles. The van der Waals surface area contributed by atoms with Crippen LogP contribution in [-0.2, 0) is 0 Å². The van der Waals surface area contributed by atoms with E-state index in [9.17, 15) is 4.79 Å². The lowest BCUT2D eigenvalue weighted by atomic mass is 10.3. The molecule has 0 bridgehead atoms. The number of amides is 2. The summed E-state index contributed by atoms with van der Waals surface area (Å²) >= 11 is 0. The molecular weight excluding hydrogens is 190 g/mol. The zero-order valence-corrected chi connectivity index (χ0v) is 8.84. The van der Waals surface area contributed by atoms with Crippen molar-refractivity contribution in [3.8, 4) is 0 Å². The standard InChI is InChI=1S/C11H13N3O/c1-12-10-8-14(11(15)13(10)2)9-6-4-3-5-7-9/h3-7H,8H2,1-2H3. The van der Waals surface area contributed by atoms with Gasteiger partial charge < -0.3 is 0 Å². The smallest absolute Gasteiger partial charge is 0.286 e. The number of para-hydroxylation sites is 1. The van der Waals surface area contributed by atoms with Gasteiger partial charge in [0.15, 0.2) is 0 Å². The minimum atomic E-state index is -0.0261. The van der Waals surface area contributed by atoms with Crippen molar-refractivity contribution in [1.29, 1.82) is 0 Å². The maximum absolute atomic E-state index is 11.8. The van der Waals surface area contributed by atoms with Gasteiger partial charge in [-0.2, -0.15) is 0 Å². The number of amidine groups is 1. The second-order valence-corrected chi connectivity index (χ2v) is 3.40. The summed E-state index contributed by atoms with van der Waals surface area (Å²) in [5, 5.41) is 0. The molecule has 0 spiro atoms. The van der Waals surface area contributed by atoms with Crippen molar-refractivity contribution in [1.82, 2.24) is 4.90 Å². The molecule has 78 valence electrons. The van der Waals surface area contributed by atoms with E-state index in [1.165, 1.54) is 0 Å². The van der Waals surface area contributed by atoms with Crippen molar-refractivity contribution >= 4 is 17.6 Å². The first-order valence-electron chi connectivity index (χ1n) is 4.80. The number of aliphatic imine (C=N–C) groups is 1. The lowest BCUT2D eigenvalue weighted by molar-refractivity contribution is 0.237. The van der Waals surface area contributed by atoms with Gasteiger partial charge in [0, 0.05) is 19.8 Å². The van der Waals surface area contributed by atoms with Crippen molar-refractivity contribution in [3.63, 3.8) is 0 Å². The van der Waals surface area contributed by atoms with Gasteiger partial charge in [0.05, 0.1) is 6.54 Å². The minimum Gasteiger partial charge on any atom is -0.286 e. The maximum Gasteiger partial charge on any atom is 0.330 e. The average molecular weight is 203 g/mol. The highest BCUT2D eigenvalue weighted by atomic mass is 16.2. The van der Waals surface area contributed by atoms with E-state index in [4.69, 9.17) is 0 Å². The molecule has 0 radical (unpaired) electrons. The number of urea groups is 1. The highest BCUT2D eigenvalue weighted by molar-refractivity contribution is 6.13. The largest absolute Gasteiger partial charge is 0.330 e. The molecule has 0 N–H and O–H groups in total. The van der Waals surface area contributed by atoms with Gasteiger partial charge in [-0.05, 0) is 12.1 Å². The summed E-state index contributed by atoms with van der Waals surface area (Å²) in [5.41, 5.74) is 0.910. The van der Waals surface area contributed by atoms with Crippen molar-refractivity contribution in [3.05, 3.63) is 30.3 Å². The lowest BCUT2D eigenvalue weighted by Gasteiger charge is -2.14. The highest BCUT2D eigenvalue weighted by Crippen LogP contribution is 2.19. The molecule has 1 aliphatic rings. The van der Waals surface area contributed by atoms with Crippen LogP contribution in [0.2, 0.25) is 0 Å². The fourth-order valence-corrected chi connectivity index (χ4v) is 1.64. The zero-order valence-electron chi connectivity index (χ0n) is 8.84. The quantitative estimate of drug-likeness (QED) is 0.682. The van der Waals surface area contributed by atoms with Gasteiger partial charge in [0.25, 0.3) is 0 Å². The Kier molecular flexibility index (Phi) is 2.41. The van der Waals surface area contributed by atoms with Crippen LogP contribution in [0.3, 0.4) is 0 Å². The number of anilines is 1. The molecule has 2 amide bonds. The Morgan fingerprint density at radius 2 is 1.93 bits per heavy atom. The molecule has 0 atom stereocenters. The Hall–Kier alpha value is -1.84. The summed E-state index contributed by atoms with van der Waals surface area (Å²) in [4.78, 5) is 19.2. The van der Waals surface area contributed by atoms with Gasteiger partial charge in [-0.25, -0.2) is 4.79 Å². The molecule has 1 aromatic rings. The predicted molar refractivity (Wildman–Crippen MR) is 60.3 cm³/mol. The number of hydrogen-bond acceptors (Lipinski definition) is 2. The molecule has 4 nitrogen and oxygen atoms in total. The van der Waals surface area contributed by atoms with E-state index in [2.05, 4.69) is 4.99 Å². The zero-order chi connectivity index (χ0) is 10.8. The third-order valence-corrected chi connectivity index (χ3v) is 2.53. The van der Waals surface area contributed by atoms with E-state index in [-0.39, 0.29) is 6.03 Å². The van der Waals surface area contributed by atoms with Crippen LogP contribution in [0.1, 0.15) is 0 Å². The highest BCUT2D eigenvalue weighted by Gasteiger charge is 2.31. The van der Waals surface area contributed by atoms with Crippen molar-refractivity contribution < 1.29 is 4.79 Å². The van der Waals surface area contributed by atoms with Crippen molar-refractivity contribution in [2.45, 2.75) is 0 Å². The van der Waals surface area contributed by atoms with E-state index in [0.717, 1.165) is 11.5 Å². The van der Waals surface area contributed by atoms with Crippen LogP contribution in [0.15, 0.2) is 35.3 Å². The molecular formula is C11H13N3O. The first-order chi connectivity index (χ1) is 7.24. The van der Waals surface area contributed by atoms with E-state index in [1.54, 1.807) is 23.9 Å². The molecule has 15 heavy (non-hydrogen) atoms. The molecule has 0 aliphatic carbocycles. The van der Waals surface area contributed by atoms with Crippen molar-refractivity contribution in [2.75, 3.05) is 25.5 Å². The Bertz CT molecular complexity index is 400. The molecule has 4 heteroatoms. The Morgan fingerprint density at radius 3 is 2.47 bits per heavy atom. The van der Waals surface area contributed by atoms with Gasteiger partial charge in [-0.1, -0.05) is 18.2 Å². The Balaban J connectivity index is 2.31. The Labute approximate surface area is 88.8 Å². The van der Waals surface area contributed by atoms with Gasteiger partial charge in [0.2, 0.25) is 0 Å².